The Kier molecular flexibility index (Phi) is 3.97. The fourth-order valence-corrected chi connectivity index (χ4v) is 3.12. The van der Waals surface area contributed by atoms with Crippen molar-refractivity contribution in [2.24, 2.45) is 5.92 Å². The SMILES string of the molecule is CCc1nc(C)sc1-c1n[nH]c(=S)n1CC(C)C. The van der Waals surface area contributed by atoms with Crippen molar-refractivity contribution in [1.29, 1.82) is 0 Å². The minimum Gasteiger partial charge on any atom is -0.299 e. The van der Waals surface area contributed by atoms with Gasteiger partial charge >= 0.3 is 0 Å². The van der Waals surface area contributed by atoms with Gasteiger partial charge in [0.15, 0.2) is 10.6 Å². The van der Waals surface area contributed by atoms with Gasteiger partial charge in [0.1, 0.15) is 0 Å². The van der Waals surface area contributed by atoms with E-state index in [0.29, 0.717) is 10.7 Å². The van der Waals surface area contributed by atoms with Crippen LogP contribution >= 0.6 is 23.6 Å². The van der Waals surface area contributed by atoms with Crippen LogP contribution in [0.5, 0.6) is 0 Å². The lowest BCUT2D eigenvalue weighted by Gasteiger charge is -2.08. The van der Waals surface area contributed by atoms with Gasteiger partial charge in [0, 0.05) is 6.54 Å². The number of aromatic nitrogens is 4. The summed E-state index contributed by atoms with van der Waals surface area (Å²) in [6.45, 7) is 9.38. The maximum absolute atomic E-state index is 5.31. The van der Waals surface area contributed by atoms with E-state index in [2.05, 4.69) is 40.5 Å². The topological polar surface area (TPSA) is 46.5 Å². The zero-order valence-electron chi connectivity index (χ0n) is 11.1. The van der Waals surface area contributed by atoms with Gasteiger partial charge in [0.05, 0.1) is 15.6 Å². The molecule has 0 aliphatic heterocycles. The van der Waals surface area contributed by atoms with Crippen molar-refractivity contribution < 1.29 is 0 Å². The number of H-pyrrole nitrogens is 1. The Labute approximate surface area is 116 Å². The first kappa shape index (κ1) is 13.4. The van der Waals surface area contributed by atoms with Crippen LogP contribution < -0.4 is 0 Å². The molecule has 0 unspecified atom stereocenters. The Morgan fingerprint density at radius 3 is 2.78 bits per heavy atom. The zero-order chi connectivity index (χ0) is 13.3. The summed E-state index contributed by atoms with van der Waals surface area (Å²) in [4.78, 5) is 5.69. The third kappa shape index (κ3) is 2.54. The summed E-state index contributed by atoms with van der Waals surface area (Å²) >= 11 is 6.99. The molecule has 0 aliphatic carbocycles. The fraction of sp³-hybridized carbons (Fsp3) is 0.583. The molecule has 1 N–H and O–H groups in total. The zero-order valence-corrected chi connectivity index (χ0v) is 12.8. The fourth-order valence-electron chi connectivity index (χ4n) is 1.91. The first-order valence-electron chi connectivity index (χ1n) is 6.14. The van der Waals surface area contributed by atoms with E-state index in [9.17, 15) is 0 Å². The molecule has 0 saturated carbocycles. The second-order valence-corrected chi connectivity index (χ2v) is 6.31. The summed E-state index contributed by atoms with van der Waals surface area (Å²) in [5, 5.41) is 8.35. The van der Waals surface area contributed by atoms with Crippen LogP contribution in [-0.4, -0.2) is 19.7 Å². The van der Waals surface area contributed by atoms with Crippen molar-refractivity contribution in [3.63, 3.8) is 0 Å². The van der Waals surface area contributed by atoms with E-state index in [1.54, 1.807) is 11.3 Å². The second-order valence-electron chi connectivity index (χ2n) is 4.72. The van der Waals surface area contributed by atoms with E-state index in [1.807, 2.05) is 6.92 Å². The number of nitrogens with zero attached hydrogens (tertiary/aromatic N) is 3. The van der Waals surface area contributed by atoms with Gasteiger partial charge in [0.2, 0.25) is 0 Å². The van der Waals surface area contributed by atoms with E-state index in [4.69, 9.17) is 12.2 Å². The van der Waals surface area contributed by atoms with Crippen molar-refractivity contribution in [3.05, 3.63) is 15.5 Å². The Morgan fingerprint density at radius 1 is 1.44 bits per heavy atom. The lowest BCUT2D eigenvalue weighted by molar-refractivity contribution is 0.521. The number of thiazole rings is 1. The van der Waals surface area contributed by atoms with Gasteiger partial charge in [-0.05, 0) is 31.5 Å². The van der Waals surface area contributed by atoms with E-state index >= 15 is 0 Å². The average molecular weight is 282 g/mol. The molecule has 98 valence electrons. The molecule has 0 amide bonds. The lowest BCUT2D eigenvalue weighted by Crippen LogP contribution is -2.06. The van der Waals surface area contributed by atoms with E-state index < -0.39 is 0 Å². The van der Waals surface area contributed by atoms with Crippen LogP contribution in [0.1, 0.15) is 31.5 Å². The molecule has 4 nitrogen and oxygen atoms in total. The molecule has 2 aromatic rings. The third-order valence-corrected chi connectivity index (χ3v) is 3.97. The van der Waals surface area contributed by atoms with E-state index in [-0.39, 0.29) is 0 Å². The van der Waals surface area contributed by atoms with Crippen LogP contribution in [0.15, 0.2) is 0 Å². The van der Waals surface area contributed by atoms with Crippen LogP contribution in [0.2, 0.25) is 0 Å². The highest BCUT2D eigenvalue weighted by atomic mass is 32.1. The normalized spacial score (nSPS) is 11.4. The molecule has 0 saturated heterocycles. The molecule has 2 aromatic heterocycles. The third-order valence-electron chi connectivity index (χ3n) is 2.65. The standard InChI is InChI=1S/C12H18N4S2/c1-5-9-10(18-8(4)13-9)11-14-15-12(17)16(11)6-7(2)3/h7H,5-6H2,1-4H3,(H,15,17). The maximum atomic E-state index is 5.31. The molecule has 18 heavy (non-hydrogen) atoms. The molecular formula is C12H18N4S2. The second kappa shape index (κ2) is 5.32. The van der Waals surface area contributed by atoms with Gasteiger partial charge in [-0.2, -0.15) is 5.10 Å². The first-order chi connectivity index (χ1) is 8.52. The number of rotatable bonds is 4. The lowest BCUT2D eigenvalue weighted by atomic mass is 10.2. The molecule has 2 rings (SSSR count). The Morgan fingerprint density at radius 2 is 2.17 bits per heavy atom. The highest BCUT2D eigenvalue weighted by Gasteiger charge is 2.16. The highest BCUT2D eigenvalue weighted by molar-refractivity contribution is 7.71. The smallest absolute Gasteiger partial charge is 0.195 e. The Balaban J connectivity index is 2.53. The Bertz CT molecular complexity index is 591. The average Bonchev–Trinajstić information content (AvgIpc) is 2.83. The Hall–Kier alpha value is -1.01. The van der Waals surface area contributed by atoms with Gasteiger partial charge in [-0.25, -0.2) is 4.98 Å². The van der Waals surface area contributed by atoms with Crippen LogP contribution in [0.25, 0.3) is 10.7 Å². The summed E-state index contributed by atoms with van der Waals surface area (Å²) in [7, 11) is 0. The molecule has 0 atom stereocenters. The van der Waals surface area contributed by atoms with Crippen molar-refractivity contribution >= 4 is 23.6 Å². The molecule has 2 heterocycles. The number of hydrogen-bond acceptors (Lipinski definition) is 4. The quantitative estimate of drug-likeness (QED) is 0.872. The van der Waals surface area contributed by atoms with Crippen molar-refractivity contribution in [2.45, 2.75) is 40.7 Å². The number of hydrogen-bond donors (Lipinski definition) is 1. The number of aromatic amines is 1. The summed E-state index contributed by atoms with van der Waals surface area (Å²) < 4.78 is 2.76. The van der Waals surface area contributed by atoms with Gasteiger partial charge in [-0.1, -0.05) is 20.8 Å². The molecule has 0 radical (unpaired) electrons. The van der Waals surface area contributed by atoms with E-state index in [0.717, 1.165) is 34.4 Å². The van der Waals surface area contributed by atoms with Gasteiger partial charge < -0.3 is 0 Å². The summed E-state index contributed by atoms with van der Waals surface area (Å²) in [6.07, 6.45) is 0.918. The van der Waals surface area contributed by atoms with Gasteiger partial charge in [0.25, 0.3) is 0 Å². The van der Waals surface area contributed by atoms with Crippen LogP contribution in [0, 0.1) is 17.6 Å². The van der Waals surface area contributed by atoms with Crippen molar-refractivity contribution in [1.82, 2.24) is 19.7 Å². The highest BCUT2D eigenvalue weighted by Crippen LogP contribution is 2.29. The summed E-state index contributed by atoms with van der Waals surface area (Å²) in [5.41, 5.74) is 1.11. The van der Waals surface area contributed by atoms with Gasteiger partial charge in [-0.15, -0.1) is 11.3 Å². The maximum Gasteiger partial charge on any atom is 0.195 e. The largest absolute Gasteiger partial charge is 0.299 e. The van der Waals surface area contributed by atoms with Crippen molar-refractivity contribution in [3.8, 4) is 10.7 Å². The predicted molar refractivity (Wildman–Crippen MR) is 77.5 cm³/mol. The minimum absolute atomic E-state index is 0.534. The predicted octanol–water partition coefficient (Wildman–Crippen LogP) is 3.59. The molecule has 0 fully saturated rings. The summed E-state index contributed by atoms with van der Waals surface area (Å²) in [6, 6.07) is 0. The van der Waals surface area contributed by atoms with E-state index in [1.165, 1.54) is 0 Å². The number of aryl methyl sites for hydroxylation is 2. The number of nitrogens with one attached hydrogen (secondary N) is 1. The first-order valence-corrected chi connectivity index (χ1v) is 7.37. The van der Waals surface area contributed by atoms with Crippen LogP contribution in [0.4, 0.5) is 0 Å². The summed E-state index contributed by atoms with van der Waals surface area (Å²) in [5.74, 6) is 1.46. The molecule has 6 heteroatoms. The van der Waals surface area contributed by atoms with Crippen LogP contribution in [0.3, 0.4) is 0 Å². The molecule has 0 aromatic carbocycles. The molecule has 0 spiro atoms. The van der Waals surface area contributed by atoms with Gasteiger partial charge in [-0.3, -0.25) is 9.67 Å². The van der Waals surface area contributed by atoms with Crippen molar-refractivity contribution in [2.75, 3.05) is 0 Å². The monoisotopic (exact) mass is 282 g/mol. The van der Waals surface area contributed by atoms with Crippen LogP contribution in [-0.2, 0) is 13.0 Å². The molecule has 0 aliphatic rings. The molecule has 0 bridgehead atoms. The minimum atomic E-state index is 0.534. The molecular weight excluding hydrogens is 264 g/mol.